The first-order valence-electron chi connectivity index (χ1n) is 4.57. The highest BCUT2D eigenvalue weighted by Crippen LogP contribution is 2.32. The van der Waals surface area contributed by atoms with Crippen LogP contribution in [0.3, 0.4) is 0 Å². The van der Waals surface area contributed by atoms with E-state index in [-0.39, 0.29) is 11.0 Å². The molecule has 1 nitrogen and oxygen atoms in total. The molecule has 0 fully saturated rings. The van der Waals surface area contributed by atoms with Gasteiger partial charge < -0.3 is 4.74 Å². The first kappa shape index (κ1) is 11.5. The van der Waals surface area contributed by atoms with E-state index in [9.17, 15) is 0 Å². The van der Waals surface area contributed by atoms with Gasteiger partial charge in [0.15, 0.2) is 0 Å². The standard InChI is InChI=1S/C11H22O/c1-8-11(6,7)9(2)12-10(3,4)5/h2,8H2,1,3-7H3. The Bertz CT molecular complexity index is 160. The third-order valence-electron chi connectivity index (χ3n) is 2.07. The molecule has 0 aromatic carbocycles. The molecule has 0 radical (unpaired) electrons. The van der Waals surface area contributed by atoms with Crippen molar-refractivity contribution >= 4 is 0 Å². The summed E-state index contributed by atoms with van der Waals surface area (Å²) in [4.78, 5) is 0. The lowest BCUT2D eigenvalue weighted by Crippen LogP contribution is -2.25. The topological polar surface area (TPSA) is 9.23 Å². The fourth-order valence-electron chi connectivity index (χ4n) is 0.705. The van der Waals surface area contributed by atoms with Gasteiger partial charge in [0.25, 0.3) is 0 Å². The first-order valence-corrected chi connectivity index (χ1v) is 4.57. The van der Waals surface area contributed by atoms with Gasteiger partial charge in [0.2, 0.25) is 0 Å². The van der Waals surface area contributed by atoms with Gasteiger partial charge in [-0.2, -0.15) is 0 Å². The van der Waals surface area contributed by atoms with E-state index in [1.807, 2.05) is 20.8 Å². The Hall–Kier alpha value is -0.460. The van der Waals surface area contributed by atoms with Crippen molar-refractivity contribution in [2.75, 3.05) is 0 Å². The zero-order valence-corrected chi connectivity index (χ0v) is 9.32. The highest BCUT2D eigenvalue weighted by Gasteiger charge is 2.24. The summed E-state index contributed by atoms with van der Waals surface area (Å²) in [5, 5.41) is 0. The summed E-state index contributed by atoms with van der Waals surface area (Å²) >= 11 is 0. The van der Waals surface area contributed by atoms with Gasteiger partial charge in [0.1, 0.15) is 5.60 Å². The summed E-state index contributed by atoms with van der Waals surface area (Å²) in [7, 11) is 0. The van der Waals surface area contributed by atoms with Gasteiger partial charge in [0.05, 0.1) is 5.76 Å². The minimum Gasteiger partial charge on any atom is -0.493 e. The highest BCUT2D eigenvalue weighted by atomic mass is 16.5. The van der Waals surface area contributed by atoms with Crippen LogP contribution < -0.4 is 0 Å². The van der Waals surface area contributed by atoms with E-state index in [1.54, 1.807) is 0 Å². The summed E-state index contributed by atoms with van der Waals surface area (Å²) in [5.41, 5.74) is -0.0309. The summed E-state index contributed by atoms with van der Waals surface area (Å²) < 4.78 is 5.70. The van der Waals surface area contributed by atoms with E-state index in [1.165, 1.54) is 0 Å². The molecule has 12 heavy (non-hydrogen) atoms. The molecule has 0 rings (SSSR count). The number of allylic oxidation sites excluding steroid dienone is 1. The molecule has 0 aromatic heterocycles. The normalized spacial score (nSPS) is 12.8. The number of ether oxygens (including phenoxy) is 1. The van der Waals surface area contributed by atoms with E-state index in [0.29, 0.717) is 0 Å². The average Bonchev–Trinajstić information content (AvgIpc) is 1.84. The van der Waals surface area contributed by atoms with Gasteiger partial charge in [0, 0.05) is 5.41 Å². The molecule has 0 spiro atoms. The van der Waals surface area contributed by atoms with Crippen LogP contribution in [0.5, 0.6) is 0 Å². The minimum atomic E-state index is -0.122. The van der Waals surface area contributed by atoms with Gasteiger partial charge in [-0.1, -0.05) is 27.4 Å². The fourth-order valence-corrected chi connectivity index (χ4v) is 0.705. The number of hydrogen-bond acceptors (Lipinski definition) is 1. The Balaban J connectivity index is 4.23. The summed E-state index contributed by atoms with van der Waals surface area (Å²) in [6.07, 6.45) is 1.06. The maximum atomic E-state index is 5.70. The van der Waals surface area contributed by atoms with Crippen molar-refractivity contribution in [2.45, 2.75) is 53.6 Å². The molecular formula is C11H22O. The fraction of sp³-hybridized carbons (Fsp3) is 0.818. The van der Waals surface area contributed by atoms with Gasteiger partial charge in [-0.3, -0.25) is 0 Å². The van der Waals surface area contributed by atoms with E-state index in [0.717, 1.165) is 12.2 Å². The van der Waals surface area contributed by atoms with Crippen molar-refractivity contribution in [3.8, 4) is 0 Å². The molecule has 0 amide bonds. The first-order chi connectivity index (χ1) is 5.19. The zero-order valence-electron chi connectivity index (χ0n) is 9.32. The molecule has 0 unspecified atom stereocenters. The van der Waals surface area contributed by atoms with E-state index < -0.39 is 0 Å². The van der Waals surface area contributed by atoms with Crippen LogP contribution >= 0.6 is 0 Å². The van der Waals surface area contributed by atoms with Crippen LogP contribution in [0.25, 0.3) is 0 Å². The van der Waals surface area contributed by atoms with Crippen LogP contribution in [0.2, 0.25) is 0 Å². The molecule has 0 aromatic rings. The monoisotopic (exact) mass is 170 g/mol. The summed E-state index contributed by atoms with van der Waals surface area (Å²) in [5.74, 6) is 0.887. The predicted octanol–water partition coefficient (Wildman–Crippen LogP) is 3.75. The smallest absolute Gasteiger partial charge is 0.100 e. The van der Waals surface area contributed by atoms with Gasteiger partial charge in [-0.15, -0.1) is 0 Å². The third kappa shape index (κ3) is 3.80. The van der Waals surface area contributed by atoms with Crippen molar-refractivity contribution in [3.05, 3.63) is 12.3 Å². The van der Waals surface area contributed by atoms with Crippen molar-refractivity contribution in [1.29, 1.82) is 0 Å². The number of rotatable bonds is 3. The highest BCUT2D eigenvalue weighted by molar-refractivity contribution is 4.99. The second kappa shape index (κ2) is 3.51. The van der Waals surface area contributed by atoms with Gasteiger partial charge >= 0.3 is 0 Å². The largest absolute Gasteiger partial charge is 0.493 e. The minimum absolute atomic E-state index is 0.0906. The van der Waals surface area contributed by atoms with E-state index >= 15 is 0 Å². The van der Waals surface area contributed by atoms with Crippen molar-refractivity contribution in [3.63, 3.8) is 0 Å². The molecule has 0 bridgehead atoms. The molecule has 72 valence electrons. The SMILES string of the molecule is C=C(OC(C)(C)C)C(C)(C)CC. The van der Waals surface area contributed by atoms with Crippen molar-refractivity contribution < 1.29 is 4.74 Å². The molecular weight excluding hydrogens is 148 g/mol. The van der Waals surface area contributed by atoms with Crippen molar-refractivity contribution in [2.24, 2.45) is 5.41 Å². The second-order valence-corrected chi connectivity index (χ2v) is 4.88. The quantitative estimate of drug-likeness (QED) is 0.586. The Morgan fingerprint density at radius 2 is 1.58 bits per heavy atom. The van der Waals surface area contributed by atoms with E-state index in [2.05, 4.69) is 27.4 Å². The van der Waals surface area contributed by atoms with Gasteiger partial charge in [-0.05, 0) is 27.2 Å². The van der Waals surface area contributed by atoms with Crippen LogP contribution in [0.4, 0.5) is 0 Å². The van der Waals surface area contributed by atoms with Crippen LogP contribution in [0, 0.1) is 5.41 Å². The molecule has 0 aliphatic heterocycles. The van der Waals surface area contributed by atoms with Crippen molar-refractivity contribution in [1.82, 2.24) is 0 Å². The average molecular weight is 170 g/mol. The summed E-state index contributed by atoms with van der Waals surface area (Å²) in [6, 6.07) is 0. The molecule has 0 N–H and O–H groups in total. The predicted molar refractivity (Wildman–Crippen MR) is 54.1 cm³/mol. The maximum absolute atomic E-state index is 5.70. The number of hydrogen-bond donors (Lipinski definition) is 0. The van der Waals surface area contributed by atoms with E-state index in [4.69, 9.17) is 4.74 Å². The lowest BCUT2D eigenvalue weighted by Gasteiger charge is -2.31. The van der Waals surface area contributed by atoms with Crippen LogP contribution in [0.1, 0.15) is 48.0 Å². The molecule has 0 aliphatic rings. The van der Waals surface area contributed by atoms with Gasteiger partial charge in [-0.25, -0.2) is 0 Å². The summed E-state index contributed by atoms with van der Waals surface area (Å²) in [6.45, 7) is 16.6. The Morgan fingerprint density at radius 1 is 1.17 bits per heavy atom. The molecule has 0 saturated carbocycles. The third-order valence-corrected chi connectivity index (χ3v) is 2.07. The Labute approximate surface area is 76.8 Å². The molecule has 0 aliphatic carbocycles. The lowest BCUT2D eigenvalue weighted by molar-refractivity contribution is 0.0180. The Kier molecular flexibility index (Phi) is 3.37. The molecule has 1 heteroatoms. The maximum Gasteiger partial charge on any atom is 0.100 e. The molecule has 0 saturated heterocycles. The lowest BCUT2D eigenvalue weighted by atomic mass is 9.88. The zero-order chi connectivity index (χ0) is 9.99. The second-order valence-electron chi connectivity index (χ2n) is 4.88. The van der Waals surface area contributed by atoms with Crippen LogP contribution in [0.15, 0.2) is 12.3 Å². The Morgan fingerprint density at radius 3 is 1.83 bits per heavy atom. The van der Waals surface area contributed by atoms with Crippen LogP contribution in [-0.2, 0) is 4.74 Å². The molecule has 0 atom stereocenters. The van der Waals surface area contributed by atoms with Crippen LogP contribution in [-0.4, -0.2) is 5.60 Å². The molecule has 0 heterocycles.